The van der Waals surface area contributed by atoms with Gasteiger partial charge in [-0.1, -0.05) is 52.6 Å². The third kappa shape index (κ3) is 14.6. The fraction of sp³-hybridized carbons (Fsp3) is 0.595. The van der Waals surface area contributed by atoms with Gasteiger partial charge in [0.15, 0.2) is 5.75 Å². The van der Waals surface area contributed by atoms with Gasteiger partial charge in [0.2, 0.25) is 5.88 Å². The van der Waals surface area contributed by atoms with Crippen molar-refractivity contribution >= 4 is 28.5 Å². The summed E-state index contributed by atoms with van der Waals surface area (Å²) in [6.07, 6.45) is 4.39. The van der Waals surface area contributed by atoms with Gasteiger partial charge in [-0.25, -0.2) is 4.57 Å². The first kappa shape index (κ1) is 46.8. The molecule has 0 aliphatic carbocycles. The van der Waals surface area contributed by atoms with E-state index in [0.29, 0.717) is 46.2 Å². The van der Waals surface area contributed by atoms with Gasteiger partial charge in [0.05, 0.1) is 120 Å². The third-order valence-corrected chi connectivity index (χ3v) is 8.59. The van der Waals surface area contributed by atoms with Crippen LogP contribution in [-0.4, -0.2) is 138 Å². The van der Waals surface area contributed by atoms with Gasteiger partial charge >= 0.3 is 0 Å². The summed E-state index contributed by atoms with van der Waals surface area (Å²) in [6.45, 7) is 8.84. The second-order valence-electron chi connectivity index (χ2n) is 14.8. The van der Waals surface area contributed by atoms with Crippen LogP contribution in [0.2, 0.25) is 0 Å². The Morgan fingerprint density at radius 1 is 0.731 bits per heavy atom. The average molecular weight is 729 g/mol. The molecule has 4 rings (SSSR count). The van der Waals surface area contributed by atoms with Gasteiger partial charge in [-0.05, 0) is 23.8 Å². The molecule has 1 aliphatic heterocycles. The Hall–Kier alpha value is -3.25. The van der Waals surface area contributed by atoms with Gasteiger partial charge in [-0.2, -0.15) is 0 Å². The molecule has 1 aliphatic rings. The van der Waals surface area contributed by atoms with Gasteiger partial charge in [0, 0.05) is 44.5 Å². The van der Waals surface area contributed by atoms with Gasteiger partial charge in [-0.3, -0.25) is 4.90 Å². The van der Waals surface area contributed by atoms with E-state index in [1.165, 1.54) is 16.7 Å². The lowest BCUT2D eigenvalue weighted by Gasteiger charge is -2.28. The van der Waals surface area contributed by atoms with Gasteiger partial charge < -0.3 is 37.6 Å². The van der Waals surface area contributed by atoms with E-state index in [1.807, 2.05) is 12.1 Å². The number of aromatic nitrogens is 1. The Morgan fingerprint density at radius 3 is 1.85 bits per heavy atom. The van der Waals surface area contributed by atoms with E-state index in [1.54, 1.807) is 7.11 Å². The van der Waals surface area contributed by atoms with Crippen molar-refractivity contribution in [3.63, 3.8) is 0 Å². The number of ether oxygens (including phenoxy) is 5. The van der Waals surface area contributed by atoms with Crippen molar-refractivity contribution in [2.75, 3.05) is 139 Å². The highest BCUT2D eigenvalue weighted by Crippen LogP contribution is 2.38. The van der Waals surface area contributed by atoms with Crippen molar-refractivity contribution in [3.05, 3.63) is 66.0 Å². The third-order valence-electron chi connectivity index (χ3n) is 8.59. The molecule has 10 heteroatoms. The summed E-state index contributed by atoms with van der Waals surface area (Å²) < 4.78 is 33.1. The lowest BCUT2D eigenvalue weighted by atomic mass is 10.1. The molecule has 0 radical (unpaired) electrons. The molecule has 0 N–H and O–H groups in total. The SMILES string of the molecule is C.C.C.COCCOCCOCCOCC[n+]1c(N(CCC[N+](C)(C)C)CCC[N+](C)(C)C)cc(C=C2Oc3ccccc3N2C)c2ccccc21. The zero-order valence-corrected chi connectivity index (χ0v) is 31.5. The molecule has 2 heterocycles. The summed E-state index contributed by atoms with van der Waals surface area (Å²) in [5, 5.41) is 1.18. The molecule has 0 amide bonds. The van der Waals surface area contributed by atoms with Crippen LogP contribution in [0.15, 0.2) is 60.5 Å². The van der Waals surface area contributed by atoms with Crippen molar-refractivity contribution in [1.29, 1.82) is 0 Å². The Morgan fingerprint density at radius 2 is 1.27 bits per heavy atom. The topological polar surface area (TPSA) is 56.5 Å². The molecular formula is C42H74N5O5+3. The predicted molar refractivity (Wildman–Crippen MR) is 219 cm³/mol. The number of para-hydroxylation sites is 3. The first-order valence-corrected chi connectivity index (χ1v) is 17.7. The van der Waals surface area contributed by atoms with Gasteiger partial charge in [0.25, 0.3) is 5.82 Å². The molecule has 0 spiro atoms. The number of anilines is 2. The molecule has 2 aromatic carbocycles. The number of fused-ring (bicyclic) bond motifs is 2. The number of hydrogen-bond donors (Lipinski definition) is 0. The number of hydrogen-bond acceptors (Lipinski definition) is 7. The maximum atomic E-state index is 6.37. The largest absolute Gasteiger partial charge is 0.439 e. The zero-order valence-electron chi connectivity index (χ0n) is 31.5. The predicted octanol–water partition coefficient (Wildman–Crippen LogP) is 6.56. The number of methoxy groups -OCH3 is 1. The zero-order chi connectivity index (χ0) is 35.3. The van der Waals surface area contributed by atoms with Crippen LogP contribution in [0.25, 0.3) is 17.0 Å². The van der Waals surface area contributed by atoms with Crippen molar-refractivity contribution in [2.45, 2.75) is 41.7 Å². The Balaban J connectivity index is 0.00000451. The van der Waals surface area contributed by atoms with Crippen LogP contribution in [0.3, 0.4) is 0 Å². The number of rotatable bonds is 22. The summed E-state index contributed by atoms with van der Waals surface area (Å²) in [4.78, 5) is 4.73. The lowest BCUT2D eigenvalue weighted by molar-refractivity contribution is -0.870. The smallest absolute Gasteiger partial charge is 0.277 e. The summed E-state index contributed by atoms with van der Waals surface area (Å²) in [7, 11) is 17.4. The van der Waals surface area contributed by atoms with E-state index in [4.69, 9.17) is 23.7 Å². The molecule has 294 valence electrons. The van der Waals surface area contributed by atoms with Crippen LogP contribution in [0.1, 0.15) is 40.7 Å². The van der Waals surface area contributed by atoms with Crippen LogP contribution >= 0.6 is 0 Å². The molecule has 3 aromatic rings. The number of nitrogens with zero attached hydrogens (tertiary/aromatic N) is 5. The summed E-state index contributed by atoms with van der Waals surface area (Å²) in [6, 6.07) is 19.3. The molecule has 0 fully saturated rings. The van der Waals surface area contributed by atoms with Crippen molar-refractivity contribution in [3.8, 4) is 5.75 Å². The maximum absolute atomic E-state index is 6.37. The van der Waals surface area contributed by atoms with Gasteiger partial charge in [0.1, 0.15) is 12.1 Å². The molecule has 52 heavy (non-hydrogen) atoms. The number of quaternary nitrogens is 2. The fourth-order valence-electron chi connectivity index (χ4n) is 6.02. The minimum atomic E-state index is 0. The van der Waals surface area contributed by atoms with E-state index in [-0.39, 0.29) is 22.3 Å². The summed E-state index contributed by atoms with van der Waals surface area (Å²) in [5.41, 5.74) is 3.40. The first-order valence-electron chi connectivity index (χ1n) is 17.7. The molecule has 0 saturated heterocycles. The van der Waals surface area contributed by atoms with E-state index >= 15 is 0 Å². The number of benzene rings is 2. The van der Waals surface area contributed by atoms with Crippen molar-refractivity contribution in [2.24, 2.45) is 0 Å². The molecule has 0 bridgehead atoms. The second-order valence-corrected chi connectivity index (χ2v) is 14.8. The van der Waals surface area contributed by atoms with E-state index < -0.39 is 0 Å². The molecule has 0 saturated carbocycles. The monoisotopic (exact) mass is 729 g/mol. The van der Waals surface area contributed by atoms with Crippen LogP contribution < -0.4 is 19.1 Å². The lowest BCUT2D eigenvalue weighted by Crippen LogP contribution is -2.47. The van der Waals surface area contributed by atoms with Crippen molar-refractivity contribution < 1.29 is 37.2 Å². The summed E-state index contributed by atoms with van der Waals surface area (Å²) >= 11 is 0. The standard InChI is InChI=1S/C39H62N5O5.3CH4/c1-40-36-17-11-12-18-37(36)49-39(40)32-33-31-38(41(19-13-22-43(2,3)4)20-14-23-44(5,6)7)42(35-16-10-9-15-34(33)35)21-24-46-27-28-48-30-29-47-26-25-45-8;;;/h9-12,15-18,31-32H,13-14,19-30H2,1-8H3;3*1H4/q+3;;;. The van der Waals surface area contributed by atoms with Crippen LogP contribution in [-0.2, 0) is 25.5 Å². The molecule has 1 aromatic heterocycles. The highest BCUT2D eigenvalue weighted by atomic mass is 16.6. The van der Waals surface area contributed by atoms with Gasteiger partial charge in [-0.15, -0.1) is 0 Å². The molecule has 10 nitrogen and oxygen atoms in total. The second kappa shape index (κ2) is 22.7. The van der Waals surface area contributed by atoms with E-state index in [9.17, 15) is 0 Å². The van der Waals surface area contributed by atoms with Crippen LogP contribution in [0.4, 0.5) is 11.5 Å². The highest BCUT2D eigenvalue weighted by molar-refractivity contribution is 5.88. The first-order chi connectivity index (χ1) is 23.5. The quantitative estimate of drug-likeness (QED) is 0.0661. The highest BCUT2D eigenvalue weighted by Gasteiger charge is 2.27. The molecular weight excluding hydrogens is 654 g/mol. The minimum absolute atomic E-state index is 0. The minimum Gasteiger partial charge on any atom is -0.439 e. The average Bonchev–Trinajstić information content (AvgIpc) is 3.37. The van der Waals surface area contributed by atoms with Crippen LogP contribution in [0, 0.1) is 0 Å². The Kier molecular flexibility index (Phi) is 20.4. The number of pyridine rings is 1. The maximum Gasteiger partial charge on any atom is 0.277 e. The van der Waals surface area contributed by atoms with E-state index in [0.717, 1.165) is 77.4 Å². The Bertz CT molecular complexity index is 1460. The Labute approximate surface area is 317 Å². The molecule has 0 unspecified atom stereocenters. The van der Waals surface area contributed by atoms with Crippen molar-refractivity contribution in [1.82, 2.24) is 0 Å². The summed E-state index contributed by atoms with van der Waals surface area (Å²) in [5.74, 6) is 2.91. The van der Waals surface area contributed by atoms with E-state index in [2.05, 4.69) is 112 Å². The fourth-order valence-corrected chi connectivity index (χ4v) is 6.02. The van der Waals surface area contributed by atoms with Crippen LogP contribution in [0.5, 0.6) is 5.75 Å². The molecule has 0 atom stereocenters. The normalized spacial score (nSPS) is 13.3.